The van der Waals surface area contributed by atoms with Gasteiger partial charge in [0.2, 0.25) is 0 Å². The third kappa shape index (κ3) is 3.78. The first-order valence-electron chi connectivity index (χ1n) is 5.90. The Balaban J connectivity index is 2.21. The van der Waals surface area contributed by atoms with Crippen LogP contribution >= 0.6 is 27.5 Å². The molecule has 0 aliphatic heterocycles. The topological polar surface area (TPSA) is 20.2 Å². The highest BCUT2D eigenvalue weighted by Crippen LogP contribution is 2.25. The second kappa shape index (κ2) is 6.51. The van der Waals surface area contributed by atoms with E-state index < -0.39 is 5.82 Å². The predicted molar refractivity (Wildman–Crippen MR) is 79.1 cm³/mol. The van der Waals surface area contributed by atoms with E-state index in [1.54, 1.807) is 12.1 Å². The van der Waals surface area contributed by atoms with Crippen LogP contribution in [0.4, 0.5) is 4.39 Å². The van der Waals surface area contributed by atoms with Gasteiger partial charge >= 0.3 is 0 Å². The Morgan fingerprint density at radius 2 is 2.00 bits per heavy atom. The molecule has 0 spiro atoms. The van der Waals surface area contributed by atoms with Crippen molar-refractivity contribution in [2.45, 2.75) is 12.3 Å². The second-order valence-electron chi connectivity index (χ2n) is 4.39. The molecule has 0 aliphatic rings. The largest absolute Gasteiger partial charge is 0.396 e. The normalized spacial score (nSPS) is 12.4. The third-order valence-electron chi connectivity index (χ3n) is 3.01. The van der Waals surface area contributed by atoms with Crippen molar-refractivity contribution in [3.05, 3.63) is 68.9 Å². The molecule has 4 heteroatoms. The summed E-state index contributed by atoms with van der Waals surface area (Å²) in [6.07, 6.45) is 0.570. The quantitative estimate of drug-likeness (QED) is 0.863. The van der Waals surface area contributed by atoms with Crippen LogP contribution in [0, 0.1) is 5.82 Å². The lowest BCUT2D eigenvalue weighted by molar-refractivity contribution is 0.264. The highest BCUT2D eigenvalue weighted by molar-refractivity contribution is 9.10. The number of halogens is 3. The molecule has 0 saturated heterocycles. The van der Waals surface area contributed by atoms with Gasteiger partial charge in [-0.3, -0.25) is 0 Å². The van der Waals surface area contributed by atoms with Gasteiger partial charge in [-0.15, -0.1) is 0 Å². The van der Waals surface area contributed by atoms with Crippen LogP contribution in [0.3, 0.4) is 0 Å². The van der Waals surface area contributed by atoms with E-state index in [0.717, 1.165) is 15.6 Å². The van der Waals surface area contributed by atoms with Gasteiger partial charge in [0.1, 0.15) is 5.82 Å². The van der Waals surface area contributed by atoms with Crippen molar-refractivity contribution in [2.75, 3.05) is 6.61 Å². The van der Waals surface area contributed by atoms with Crippen molar-refractivity contribution in [1.82, 2.24) is 0 Å². The molecule has 0 radical (unpaired) electrons. The van der Waals surface area contributed by atoms with Gasteiger partial charge in [0, 0.05) is 10.4 Å². The zero-order valence-corrected chi connectivity index (χ0v) is 12.5. The minimum Gasteiger partial charge on any atom is -0.396 e. The average molecular weight is 344 g/mol. The zero-order valence-electron chi connectivity index (χ0n) is 10.1. The molecule has 2 rings (SSSR count). The molecule has 2 aromatic carbocycles. The van der Waals surface area contributed by atoms with Gasteiger partial charge in [-0.05, 0) is 41.8 Å². The van der Waals surface area contributed by atoms with Gasteiger partial charge in [0.05, 0.1) is 11.6 Å². The lowest BCUT2D eigenvalue weighted by atomic mass is 9.93. The number of benzene rings is 2. The molecule has 0 bridgehead atoms. The summed E-state index contributed by atoms with van der Waals surface area (Å²) in [6.45, 7) is 0.0146. The smallest absolute Gasteiger partial charge is 0.142 e. The molecule has 0 aromatic heterocycles. The first-order chi connectivity index (χ1) is 9.10. The fraction of sp³-hybridized carbons (Fsp3) is 0.200. The Bertz CT molecular complexity index is 574. The molecular weight excluding hydrogens is 331 g/mol. The molecular formula is C15H13BrClFO. The van der Waals surface area contributed by atoms with Gasteiger partial charge in [0.15, 0.2) is 0 Å². The number of rotatable bonds is 4. The Morgan fingerprint density at radius 3 is 2.63 bits per heavy atom. The van der Waals surface area contributed by atoms with E-state index in [0.29, 0.717) is 6.42 Å². The second-order valence-corrected chi connectivity index (χ2v) is 5.71. The molecule has 0 fully saturated rings. The fourth-order valence-corrected chi connectivity index (χ4v) is 2.53. The number of hydrogen-bond donors (Lipinski definition) is 1. The van der Waals surface area contributed by atoms with Crippen LogP contribution < -0.4 is 0 Å². The summed E-state index contributed by atoms with van der Waals surface area (Å²) in [5.74, 6) is -0.483. The van der Waals surface area contributed by atoms with Gasteiger partial charge in [-0.25, -0.2) is 4.39 Å². The van der Waals surface area contributed by atoms with Crippen LogP contribution in [0.25, 0.3) is 0 Å². The van der Waals surface area contributed by atoms with E-state index >= 15 is 0 Å². The van der Waals surface area contributed by atoms with Crippen molar-refractivity contribution < 1.29 is 9.50 Å². The van der Waals surface area contributed by atoms with Crippen LogP contribution in [0.5, 0.6) is 0 Å². The van der Waals surface area contributed by atoms with Gasteiger partial charge in [-0.2, -0.15) is 0 Å². The first kappa shape index (κ1) is 14.5. The lowest BCUT2D eigenvalue weighted by Gasteiger charge is -2.15. The molecule has 1 unspecified atom stereocenters. The zero-order chi connectivity index (χ0) is 13.8. The van der Waals surface area contributed by atoms with Crippen LogP contribution in [-0.2, 0) is 6.42 Å². The SMILES string of the molecule is OCC(Cc1ccc(Cl)c(F)c1)c1cccc(Br)c1. The van der Waals surface area contributed by atoms with Crippen LogP contribution in [-0.4, -0.2) is 11.7 Å². The average Bonchev–Trinajstić information content (AvgIpc) is 2.40. The highest BCUT2D eigenvalue weighted by Gasteiger charge is 2.13. The van der Waals surface area contributed by atoms with Gasteiger partial charge in [-0.1, -0.05) is 45.7 Å². The molecule has 1 atom stereocenters. The van der Waals surface area contributed by atoms with Crippen LogP contribution in [0.1, 0.15) is 17.0 Å². The maximum atomic E-state index is 13.4. The number of aliphatic hydroxyl groups excluding tert-OH is 1. The summed E-state index contributed by atoms with van der Waals surface area (Å²) in [6, 6.07) is 12.5. The predicted octanol–water partition coefficient (Wildman–Crippen LogP) is 4.56. The number of aliphatic hydroxyl groups is 1. The van der Waals surface area contributed by atoms with E-state index in [1.807, 2.05) is 24.3 Å². The minimum atomic E-state index is -0.426. The summed E-state index contributed by atoms with van der Waals surface area (Å²) >= 11 is 9.07. The molecule has 0 heterocycles. The Labute approximate surface area is 125 Å². The lowest BCUT2D eigenvalue weighted by Crippen LogP contribution is -2.08. The maximum Gasteiger partial charge on any atom is 0.142 e. The fourth-order valence-electron chi connectivity index (χ4n) is 2.00. The van der Waals surface area contributed by atoms with Gasteiger partial charge < -0.3 is 5.11 Å². The summed E-state index contributed by atoms with van der Waals surface area (Å²) in [4.78, 5) is 0. The summed E-state index contributed by atoms with van der Waals surface area (Å²) in [7, 11) is 0. The third-order valence-corrected chi connectivity index (χ3v) is 3.81. The summed E-state index contributed by atoms with van der Waals surface area (Å²) in [5, 5.41) is 9.64. The minimum absolute atomic E-state index is 0.0146. The standard InChI is InChI=1S/C15H13BrClFO/c16-13-3-1-2-11(8-13)12(9-19)6-10-4-5-14(17)15(18)7-10/h1-5,7-8,12,19H,6,9H2. The summed E-state index contributed by atoms with van der Waals surface area (Å²) in [5.41, 5.74) is 1.84. The monoisotopic (exact) mass is 342 g/mol. The van der Waals surface area contributed by atoms with E-state index in [-0.39, 0.29) is 17.5 Å². The molecule has 19 heavy (non-hydrogen) atoms. The van der Waals surface area contributed by atoms with E-state index in [2.05, 4.69) is 15.9 Å². The van der Waals surface area contributed by atoms with E-state index in [1.165, 1.54) is 6.07 Å². The molecule has 1 nitrogen and oxygen atoms in total. The molecule has 100 valence electrons. The van der Waals surface area contributed by atoms with Crippen molar-refractivity contribution in [1.29, 1.82) is 0 Å². The Kier molecular flexibility index (Phi) is 4.97. The first-order valence-corrected chi connectivity index (χ1v) is 7.07. The van der Waals surface area contributed by atoms with E-state index in [4.69, 9.17) is 11.6 Å². The van der Waals surface area contributed by atoms with Crippen molar-refractivity contribution in [3.8, 4) is 0 Å². The molecule has 0 amide bonds. The molecule has 0 saturated carbocycles. The van der Waals surface area contributed by atoms with Crippen molar-refractivity contribution >= 4 is 27.5 Å². The Morgan fingerprint density at radius 1 is 1.21 bits per heavy atom. The Hall–Kier alpha value is -0.900. The molecule has 0 aliphatic carbocycles. The highest BCUT2D eigenvalue weighted by atomic mass is 79.9. The molecule has 1 N–H and O–H groups in total. The van der Waals surface area contributed by atoms with Crippen molar-refractivity contribution in [3.63, 3.8) is 0 Å². The number of hydrogen-bond acceptors (Lipinski definition) is 1. The van der Waals surface area contributed by atoms with Crippen LogP contribution in [0.2, 0.25) is 5.02 Å². The summed E-state index contributed by atoms with van der Waals surface area (Å²) < 4.78 is 14.4. The maximum absolute atomic E-state index is 13.4. The van der Waals surface area contributed by atoms with Crippen molar-refractivity contribution in [2.24, 2.45) is 0 Å². The van der Waals surface area contributed by atoms with Gasteiger partial charge in [0.25, 0.3) is 0 Å². The molecule has 2 aromatic rings. The van der Waals surface area contributed by atoms with E-state index in [9.17, 15) is 9.50 Å². The van der Waals surface area contributed by atoms with Crippen LogP contribution in [0.15, 0.2) is 46.9 Å².